The Balaban J connectivity index is 2.21. The molecule has 0 radical (unpaired) electrons. The molecule has 92 valence electrons. The molecule has 17 heavy (non-hydrogen) atoms. The molecule has 1 aliphatic heterocycles. The number of carbonyl (C=O) groups is 1. The van der Waals surface area contributed by atoms with Gasteiger partial charge in [-0.05, 0) is 37.1 Å². The summed E-state index contributed by atoms with van der Waals surface area (Å²) in [6.07, 6.45) is 3.31. The van der Waals surface area contributed by atoms with Gasteiger partial charge in [0.15, 0.2) is 0 Å². The molecule has 1 fully saturated rings. The maximum atomic E-state index is 11.6. The Morgan fingerprint density at radius 1 is 1.35 bits per heavy atom. The number of rotatable bonds is 3. The minimum absolute atomic E-state index is 0.155. The van der Waals surface area contributed by atoms with Crippen LogP contribution in [-0.4, -0.2) is 18.5 Å². The van der Waals surface area contributed by atoms with E-state index in [-0.39, 0.29) is 17.9 Å². The predicted molar refractivity (Wildman–Crippen MR) is 69.0 cm³/mol. The van der Waals surface area contributed by atoms with Crippen molar-refractivity contribution in [2.45, 2.75) is 31.2 Å². The zero-order valence-electron chi connectivity index (χ0n) is 9.66. The summed E-state index contributed by atoms with van der Waals surface area (Å²) in [6.45, 7) is 0.960. The van der Waals surface area contributed by atoms with Crippen molar-refractivity contribution in [3.05, 3.63) is 34.9 Å². The first kappa shape index (κ1) is 12.4. The molecule has 0 saturated carbocycles. The summed E-state index contributed by atoms with van der Waals surface area (Å²) in [5.41, 5.74) is 6.47. The Bertz CT molecular complexity index is 385. The quantitative estimate of drug-likeness (QED) is 0.865. The van der Waals surface area contributed by atoms with E-state index in [0.717, 1.165) is 24.9 Å². The van der Waals surface area contributed by atoms with E-state index in [0.29, 0.717) is 5.02 Å². The summed E-state index contributed by atoms with van der Waals surface area (Å²) in [4.78, 5) is 11.6. The number of hydrogen-bond acceptors (Lipinski definition) is 2. The van der Waals surface area contributed by atoms with Crippen molar-refractivity contribution < 1.29 is 4.79 Å². The minimum atomic E-state index is -0.272. The fourth-order valence-electron chi connectivity index (χ4n) is 2.43. The highest BCUT2D eigenvalue weighted by Gasteiger charge is 2.28. The molecular weight excluding hydrogens is 236 g/mol. The molecule has 1 aromatic carbocycles. The van der Waals surface area contributed by atoms with Gasteiger partial charge >= 0.3 is 0 Å². The Labute approximate surface area is 106 Å². The molecule has 1 heterocycles. The van der Waals surface area contributed by atoms with Gasteiger partial charge in [0.25, 0.3) is 0 Å². The number of hydrogen-bond donors (Lipinski definition) is 2. The van der Waals surface area contributed by atoms with Crippen LogP contribution < -0.4 is 11.1 Å². The van der Waals surface area contributed by atoms with Crippen molar-refractivity contribution in [1.29, 1.82) is 0 Å². The molecule has 0 aromatic heterocycles. The molecule has 3 nitrogen and oxygen atoms in total. The van der Waals surface area contributed by atoms with Gasteiger partial charge in [0, 0.05) is 11.1 Å². The average molecular weight is 253 g/mol. The largest absolute Gasteiger partial charge is 0.369 e. The molecule has 3 N–H and O–H groups in total. The smallest absolute Gasteiger partial charge is 0.226 e. The minimum Gasteiger partial charge on any atom is -0.369 e. The lowest BCUT2D eigenvalue weighted by Gasteiger charge is -2.29. The van der Waals surface area contributed by atoms with E-state index in [9.17, 15) is 4.79 Å². The van der Waals surface area contributed by atoms with Crippen LogP contribution in [0.25, 0.3) is 0 Å². The summed E-state index contributed by atoms with van der Waals surface area (Å²) in [7, 11) is 0. The van der Waals surface area contributed by atoms with Crippen molar-refractivity contribution in [2.75, 3.05) is 6.54 Å². The highest BCUT2D eigenvalue weighted by atomic mass is 35.5. The molecule has 1 aromatic rings. The Morgan fingerprint density at radius 2 is 2.06 bits per heavy atom. The number of carbonyl (C=O) groups excluding carboxylic acids is 1. The summed E-state index contributed by atoms with van der Waals surface area (Å²) in [6, 6.07) is 7.52. The maximum Gasteiger partial charge on any atom is 0.226 e. The first-order valence-corrected chi connectivity index (χ1v) is 6.34. The lowest BCUT2D eigenvalue weighted by Crippen LogP contribution is -2.43. The molecule has 1 aliphatic rings. The van der Waals surface area contributed by atoms with E-state index >= 15 is 0 Å². The van der Waals surface area contributed by atoms with Crippen LogP contribution in [0.1, 0.15) is 30.7 Å². The number of nitrogens with two attached hydrogens (primary N) is 1. The lowest BCUT2D eigenvalue weighted by molar-refractivity contribution is -0.120. The van der Waals surface area contributed by atoms with Crippen molar-refractivity contribution in [1.82, 2.24) is 5.32 Å². The van der Waals surface area contributed by atoms with E-state index in [2.05, 4.69) is 5.32 Å². The molecule has 2 rings (SSSR count). The molecule has 1 amide bonds. The number of amides is 1. The monoisotopic (exact) mass is 252 g/mol. The summed E-state index contributed by atoms with van der Waals surface area (Å²) in [5, 5.41) is 4.05. The van der Waals surface area contributed by atoms with Gasteiger partial charge in [0.1, 0.15) is 0 Å². The van der Waals surface area contributed by atoms with Crippen LogP contribution in [0.5, 0.6) is 0 Å². The third kappa shape index (κ3) is 2.99. The number of benzene rings is 1. The Morgan fingerprint density at radius 3 is 2.59 bits per heavy atom. The second kappa shape index (κ2) is 5.52. The van der Waals surface area contributed by atoms with Gasteiger partial charge in [-0.1, -0.05) is 30.2 Å². The van der Waals surface area contributed by atoms with E-state index in [1.807, 2.05) is 12.1 Å². The fraction of sp³-hybridized carbons (Fsp3) is 0.462. The number of primary amides is 1. The van der Waals surface area contributed by atoms with Crippen molar-refractivity contribution in [3.63, 3.8) is 0 Å². The third-order valence-electron chi connectivity index (χ3n) is 3.29. The second-order valence-electron chi connectivity index (χ2n) is 4.49. The van der Waals surface area contributed by atoms with Crippen LogP contribution >= 0.6 is 11.6 Å². The van der Waals surface area contributed by atoms with Gasteiger partial charge < -0.3 is 11.1 Å². The van der Waals surface area contributed by atoms with Crippen LogP contribution in [-0.2, 0) is 4.79 Å². The number of halogens is 1. The van der Waals surface area contributed by atoms with E-state index in [1.54, 1.807) is 12.1 Å². The van der Waals surface area contributed by atoms with E-state index < -0.39 is 0 Å². The van der Waals surface area contributed by atoms with Crippen LogP contribution in [0, 0.1) is 0 Å². The zero-order valence-corrected chi connectivity index (χ0v) is 10.4. The molecule has 1 saturated heterocycles. The Hall–Kier alpha value is -1.06. The standard InChI is InChI=1S/C13H17ClN2O/c14-10-6-4-9(5-7-10)12(13(15)17)11-3-1-2-8-16-11/h4-7,11-12,16H,1-3,8H2,(H2,15,17)/t11-,12+/m1/s1. The van der Waals surface area contributed by atoms with Gasteiger partial charge in [-0.3, -0.25) is 4.79 Å². The highest BCUT2D eigenvalue weighted by Crippen LogP contribution is 2.26. The number of nitrogens with one attached hydrogen (secondary N) is 1. The summed E-state index contributed by atoms with van der Waals surface area (Å²) < 4.78 is 0. The molecule has 0 bridgehead atoms. The van der Waals surface area contributed by atoms with Crippen LogP contribution in [0.3, 0.4) is 0 Å². The van der Waals surface area contributed by atoms with Crippen LogP contribution in [0.2, 0.25) is 5.02 Å². The van der Waals surface area contributed by atoms with Gasteiger partial charge in [0.05, 0.1) is 5.92 Å². The molecule has 4 heteroatoms. The average Bonchev–Trinajstić information content (AvgIpc) is 2.33. The maximum absolute atomic E-state index is 11.6. The fourth-order valence-corrected chi connectivity index (χ4v) is 2.55. The van der Waals surface area contributed by atoms with Gasteiger partial charge in [-0.25, -0.2) is 0 Å². The molecule has 2 atom stereocenters. The van der Waals surface area contributed by atoms with Crippen LogP contribution in [0.15, 0.2) is 24.3 Å². The predicted octanol–water partition coefficient (Wildman–Crippen LogP) is 2.05. The normalized spacial score (nSPS) is 22.1. The summed E-state index contributed by atoms with van der Waals surface area (Å²) >= 11 is 5.85. The first-order valence-electron chi connectivity index (χ1n) is 5.96. The topological polar surface area (TPSA) is 55.1 Å². The van der Waals surface area contributed by atoms with Crippen molar-refractivity contribution in [3.8, 4) is 0 Å². The summed E-state index contributed by atoms with van der Waals surface area (Å²) in [5.74, 6) is -0.528. The van der Waals surface area contributed by atoms with Crippen molar-refractivity contribution in [2.24, 2.45) is 5.73 Å². The van der Waals surface area contributed by atoms with Gasteiger partial charge in [-0.2, -0.15) is 0 Å². The third-order valence-corrected chi connectivity index (χ3v) is 3.54. The Kier molecular flexibility index (Phi) is 4.02. The van der Waals surface area contributed by atoms with E-state index in [4.69, 9.17) is 17.3 Å². The molecule has 0 aliphatic carbocycles. The lowest BCUT2D eigenvalue weighted by atomic mass is 9.86. The molecular formula is C13H17ClN2O. The molecule has 0 unspecified atom stereocenters. The first-order chi connectivity index (χ1) is 8.18. The second-order valence-corrected chi connectivity index (χ2v) is 4.92. The zero-order chi connectivity index (χ0) is 12.3. The van der Waals surface area contributed by atoms with Crippen LogP contribution in [0.4, 0.5) is 0 Å². The molecule has 0 spiro atoms. The number of piperidine rings is 1. The van der Waals surface area contributed by atoms with Gasteiger partial charge in [-0.15, -0.1) is 0 Å². The van der Waals surface area contributed by atoms with E-state index in [1.165, 1.54) is 6.42 Å². The van der Waals surface area contributed by atoms with Crippen molar-refractivity contribution >= 4 is 17.5 Å². The highest BCUT2D eigenvalue weighted by molar-refractivity contribution is 6.30. The SMILES string of the molecule is NC(=O)[C@@H](c1ccc(Cl)cc1)[C@H]1CCCCN1. The van der Waals surface area contributed by atoms with Gasteiger partial charge in [0.2, 0.25) is 5.91 Å².